The number of nitrogens with zero attached hydrogens (tertiary/aromatic N) is 11. The normalized spacial score (nSPS) is 12.5. The molecule has 0 radical (unpaired) electrons. The van der Waals surface area contributed by atoms with Crippen LogP contribution >= 0.6 is 112 Å². The fraction of sp³-hybridized carbons (Fsp3) is 0.354. The molecule has 144 heavy (non-hydrogen) atoms. The van der Waals surface area contributed by atoms with Gasteiger partial charge in [-0.2, -0.15) is 62.8 Å². The molecule has 16 aromatic rings. The highest BCUT2D eigenvalue weighted by Gasteiger charge is 2.39. The highest BCUT2D eigenvalue weighted by molar-refractivity contribution is 7.59. The Morgan fingerprint density at radius 3 is 0.889 bits per heavy atom. The van der Waals surface area contributed by atoms with Crippen molar-refractivity contribution in [2.24, 2.45) is 0 Å². The topological polar surface area (TPSA) is 228 Å². The number of pyridine rings is 6. The van der Waals surface area contributed by atoms with Crippen LogP contribution in [0.1, 0.15) is 247 Å². The van der Waals surface area contributed by atoms with Gasteiger partial charge in [0.05, 0.1) is 60.1 Å². The smallest absolute Gasteiger partial charge is 0.213 e. The van der Waals surface area contributed by atoms with Crippen molar-refractivity contribution >= 4 is 179 Å². The largest absolute Gasteiger partial charge is 0.472 e. The van der Waals surface area contributed by atoms with E-state index in [4.69, 9.17) is 89.7 Å². The van der Waals surface area contributed by atoms with Gasteiger partial charge in [-0.15, -0.1) is 11.3 Å². The lowest BCUT2D eigenvalue weighted by Crippen LogP contribution is -2.27. The van der Waals surface area contributed by atoms with Crippen LogP contribution in [0, 0.1) is 95.0 Å². The highest BCUT2D eigenvalue weighted by atomic mass is 35.5. The summed E-state index contributed by atoms with van der Waals surface area (Å²) in [7, 11) is 0. The SMILES string of the molecule is CC(=O)[C@@H](OC(C)(C)C)c1c(C)nc2c(c(C)c(C)n2Cc2ccc(F)nc2)c1-c1ccc(Cl)cc1.CC(=O)[C@@H](OC(C)(C)C)c1c(C)nc2c(c(C)c(C)n2Cc2ccnc(F)c2)c1-c1ccc(Cl)cc1.CC(=O)[C@@H](OC(C)(C)C)c1c(C)nc2c(c(C)c(C)n2Cc2ccoc2)c1-c1ccc(Cl)cc1.CC(=O)[C@@H](OC(C)(C)C)c1c(C)nc2c(c(C)c(C)n2Cc2cncs2)c1-c1ccc(Cl)cc1.S.S.S.S. The van der Waals surface area contributed by atoms with E-state index in [2.05, 4.69) is 74.8 Å². The van der Waals surface area contributed by atoms with Crippen LogP contribution in [-0.2, 0) is 64.3 Å². The van der Waals surface area contributed by atoms with Gasteiger partial charge in [-0.1, -0.05) is 101 Å². The molecular weight excluding hydrogens is 2000 g/mol. The van der Waals surface area contributed by atoms with Crippen LogP contribution in [0.4, 0.5) is 8.78 Å². The van der Waals surface area contributed by atoms with E-state index in [0.717, 1.165) is 189 Å². The first-order valence-corrected chi connectivity index (χ1v) is 48.9. The first-order chi connectivity index (χ1) is 65.7. The number of hydrogen-bond donors (Lipinski definition) is 0. The van der Waals surface area contributed by atoms with Crippen molar-refractivity contribution in [2.45, 2.75) is 267 Å². The molecular formula is C113H131Cl4F2N11O9S5. The maximum atomic E-state index is 13.8. The van der Waals surface area contributed by atoms with Gasteiger partial charge in [0.25, 0.3) is 0 Å². The molecule has 0 N–H and O–H groups in total. The molecule has 0 spiro atoms. The molecule has 0 saturated heterocycles. The summed E-state index contributed by atoms with van der Waals surface area (Å²) in [5.74, 6) is -1.31. The number of Topliss-reactive ketones (excluding diaryl/α,β-unsaturated/α-hetero) is 4. The van der Waals surface area contributed by atoms with Crippen molar-refractivity contribution in [1.82, 2.24) is 53.2 Å². The van der Waals surface area contributed by atoms with Gasteiger partial charge in [0, 0.05) is 167 Å². The van der Waals surface area contributed by atoms with Crippen LogP contribution in [0.5, 0.6) is 0 Å². The molecule has 764 valence electrons. The second kappa shape index (κ2) is 47.7. The summed E-state index contributed by atoms with van der Waals surface area (Å²) >= 11 is 26.5. The second-order valence-electron chi connectivity index (χ2n) is 39.9. The molecule has 0 saturated carbocycles. The van der Waals surface area contributed by atoms with Crippen molar-refractivity contribution in [1.29, 1.82) is 0 Å². The first kappa shape index (κ1) is 117. The Hall–Kier alpha value is -10.2. The maximum Gasteiger partial charge on any atom is 0.213 e. The standard InChI is InChI=1S/2C29H31ClFN3O2.C28H31ClN2O3.C27H30ClN3O2S.4H2S/c1-16-18(3)34(15-20-8-13-23(31)32-14-20)28-24(16)26(21-9-11-22(30)12-10-21)25(17(2)33-28)27(19(4)35)36-29(5,6)7;1-16-18(3)34(15-20-12-13-32-23(31)14-20)28-24(16)26(21-8-10-22(30)11-9-21)25(17(2)33-28)27(19(4)35)36-29(5,6)7;1-16-18(3)31(14-20-12-13-33-15-20)27-23(16)25(21-8-10-22(29)11-9-21)24(17(2)30-27)26(19(4)32)34-28(5,6)7;1-15-17(3)31(13-21-12-29-14-34-21)26-22(15)24(19-8-10-20(28)11-9-19)23(16(2)30-26)25(18(4)32)33-27(5,6)7;;;;/h2*8-14,27H,15H2,1-7H3;8-13,15,26H,14H2,1-7H3;8-12,14,25H,13H2,1-7H3;4*1H2/t2*27-;26-;25-;;;;/m1111..../s1. The molecule has 0 aliphatic carbocycles. The molecule has 0 fully saturated rings. The number of aromatic nitrogens is 11. The maximum absolute atomic E-state index is 13.8. The fourth-order valence-corrected chi connectivity index (χ4v) is 19.2. The molecule has 0 bridgehead atoms. The minimum Gasteiger partial charge on any atom is -0.472 e. The molecule has 20 nitrogen and oxygen atoms in total. The highest BCUT2D eigenvalue weighted by Crippen LogP contribution is 2.49. The van der Waals surface area contributed by atoms with Crippen LogP contribution < -0.4 is 0 Å². The molecule has 0 amide bonds. The number of rotatable bonds is 24. The quantitative estimate of drug-likeness (QED) is 0.0512. The van der Waals surface area contributed by atoms with Crippen molar-refractivity contribution in [2.75, 3.05) is 0 Å². The summed E-state index contributed by atoms with van der Waals surface area (Å²) in [6.45, 7) is 56.3. The van der Waals surface area contributed by atoms with Gasteiger partial charge in [-0.25, -0.2) is 29.9 Å². The molecule has 12 aromatic heterocycles. The number of fused-ring (bicyclic) bond motifs is 4. The molecule has 4 atom stereocenters. The second-order valence-corrected chi connectivity index (χ2v) is 42.6. The zero-order valence-electron chi connectivity index (χ0n) is 87.0. The number of ketones is 4. The van der Waals surface area contributed by atoms with Gasteiger partial charge in [0.2, 0.25) is 11.9 Å². The van der Waals surface area contributed by atoms with Gasteiger partial charge in [-0.05, 0) is 322 Å². The van der Waals surface area contributed by atoms with E-state index in [1.165, 1.54) is 18.3 Å². The van der Waals surface area contributed by atoms with E-state index < -0.39 is 58.7 Å². The van der Waals surface area contributed by atoms with Crippen molar-refractivity contribution < 1.29 is 51.3 Å². The molecule has 12 heterocycles. The number of carbonyl (C=O) groups excluding carboxylic acids is 4. The van der Waals surface area contributed by atoms with Crippen LogP contribution in [0.25, 0.3) is 88.6 Å². The monoisotopic (exact) mass is 2120 g/mol. The zero-order chi connectivity index (χ0) is 102. The van der Waals surface area contributed by atoms with E-state index in [1.54, 1.807) is 69.9 Å². The lowest BCUT2D eigenvalue weighted by Gasteiger charge is -2.29. The molecule has 0 aliphatic heterocycles. The zero-order valence-corrected chi connectivity index (χ0v) is 94.8. The van der Waals surface area contributed by atoms with Gasteiger partial charge >= 0.3 is 0 Å². The molecule has 4 aromatic carbocycles. The first-order valence-electron chi connectivity index (χ1n) is 46.6. The van der Waals surface area contributed by atoms with Crippen LogP contribution in [0.15, 0.2) is 168 Å². The summed E-state index contributed by atoms with van der Waals surface area (Å²) in [5, 5.41) is 6.53. The lowest BCUT2D eigenvalue weighted by molar-refractivity contribution is -0.139. The van der Waals surface area contributed by atoms with Crippen LogP contribution in [-0.4, -0.2) is 98.7 Å². The Kier molecular flexibility index (Phi) is 38.9. The molecule has 16 rings (SSSR count). The summed E-state index contributed by atoms with van der Waals surface area (Å²) in [6, 6.07) is 39.0. The number of halogens is 6. The predicted octanol–water partition coefficient (Wildman–Crippen LogP) is 29.7. The van der Waals surface area contributed by atoms with Gasteiger partial charge in [0.15, 0.2) is 23.1 Å². The third-order valence-electron chi connectivity index (χ3n) is 24.9. The average molecular weight is 2130 g/mol. The Bertz CT molecular complexity index is 7140. The predicted molar refractivity (Wildman–Crippen MR) is 602 cm³/mol. The Labute approximate surface area is 895 Å². The third-order valence-corrected chi connectivity index (χ3v) is 26.6. The van der Waals surface area contributed by atoms with E-state index >= 15 is 0 Å². The molecule has 0 unspecified atom stereocenters. The van der Waals surface area contributed by atoms with E-state index in [0.29, 0.717) is 57.7 Å². The Balaban J connectivity index is 0.000000212. The number of hydrogen-bond acceptors (Lipinski definition) is 17. The number of benzene rings is 4. The summed E-state index contributed by atoms with van der Waals surface area (Å²) in [4.78, 5) is 84.8. The van der Waals surface area contributed by atoms with Gasteiger partial charge in [-0.3, -0.25) is 24.2 Å². The van der Waals surface area contributed by atoms with E-state index in [-0.39, 0.29) is 77.1 Å². The Morgan fingerprint density at radius 2 is 0.646 bits per heavy atom. The number of thiazole rings is 1. The average Bonchev–Trinajstić information content (AvgIpc) is 1.58. The van der Waals surface area contributed by atoms with Gasteiger partial charge < -0.3 is 41.6 Å². The summed E-state index contributed by atoms with van der Waals surface area (Å²) in [6.07, 6.45) is 5.31. The van der Waals surface area contributed by atoms with Gasteiger partial charge in [0.1, 0.15) is 47.0 Å². The minimum absolute atomic E-state index is 0. The number of furan rings is 1. The number of carbonyl (C=O) groups is 4. The van der Waals surface area contributed by atoms with E-state index in [1.807, 2.05) is 239 Å². The third kappa shape index (κ3) is 26.5. The lowest BCUT2D eigenvalue weighted by atomic mass is 9.90. The van der Waals surface area contributed by atoms with Crippen molar-refractivity contribution in [3.05, 3.63) is 308 Å². The van der Waals surface area contributed by atoms with Crippen molar-refractivity contribution in [3.63, 3.8) is 0 Å². The minimum atomic E-state index is -0.787. The van der Waals surface area contributed by atoms with E-state index in [9.17, 15) is 28.0 Å². The summed E-state index contributed by atoms with van der Waals surface area (Å²) in [5.41, 5.74) is 28.1. The number of aryl methyl sites for hydroxylation is 8. The molecule has 0 aliphatic rings. The molecule has 31 heteroatoms. The van der Waals surface area contributed by atoms with Crippen LogP contribution in [0.2, 0.25) is 20.1 Å². The van der Waals surface area contributed by atoms with Crippen LogP contribution in [0.3, 0.4) is 0 Å². The van der Waals surface area contributed by atoms with Crippen molar-refractivity contribution in [3.8, 4) is 44.5 Å². The Morgan fingerprint density at radius 1 is 0.361 bits per heavy atom. The summed E-state index contributed by atoms with van der Waals surface area (Å²) < 4.78 is 66.5. The fourth-order valence-electron chi connectivity index (χ4n) is 18.1. The number of ether oxygens (including phenoxy) is 4.